The van der Waals surface area contributed by atoms with Crippen molar-refractivity contribution in [3.05, 3.63) is 29.6 Å². The van der Waals surface area contributed by atoms with E-state index in [1.807, 2.05) is 6.92 Å². The molecule has 0 radical (unpaired) electrons. The number of halogens is 1. The van der Waals surface area contributed by atoms with Gasteiger partial charge in [-0.1, -0.05) is 20.3 Å². The summed E-state index contributed by atoms with van der Waals surface area (Å²) < 4.78 is 13.7. The van der Waals surface area contributed by atoms with Gasteiger partial charge in [-0.25, -0.2) is 9.18 Å². The molecule has 0 bridgehead atoms. The van der Waals surface area contributed by atoms with Gasteiger partial charge < -0.3 is 10.4 Å². The maximum absolute atomic E-state index is 13.7. The largest absolute Gasteiger partial charge is 0.478 e. The van der Waals surface area contributed by atoms with Gasteiger partial charge in [-0.2, -0.15) is 0 Å². The molecule has 0 heterocycles. The fourth-order valence-corrected chi connectivity index (χ4v) is 1.86. The van der Waals surface area contributed by atoms with E-state index in [1.165, 1.54) is 12.1 Å². The Bertz CT molecular complexity index is 420. The fourth-order valence-electron chi connectivity index (χ4n) is 1.86. The van der Waals surface area contributed by atoms with Gasteiger partial charge in [0.1, 0.15) is 5.82 Å². The quantitative estimate of drug-likeness (QED) is 0.811. The summed E-state index contributed by atoms with van der Waals surface area (Å²) >= 11 is 0. The Morgan fingerprint density at radius 2 is 2.11 bits per heavy atom. The van der Waals surface area contributed by atoms with Crippen LogP contribution >= 0.6 is 0 Å². The highest BCUT2D eigenvalue weighted by atomic mass is 19.1. The average Bonchev–Trinajstić information content (AvgIpc) is 2.31. The summed E-state index contributed by atoms with van der Waals surface area (Å²) in [6, 6.07) is 4.08. The smallest absolute Gasteiger partial charge is 0.335 e. The molecule has 0 aliphatic heterocycles. The molecule has 0 saturated carbocycles. The zero-order chi connectivity index (χ0) is 13.7. The van der Waals surface area contributed by atoms with Crippen LogP contribution in [0.2, 0.25) is 0 Å². The van der Waals surface area contributed by atoms with Gasteiger partial charge in [0.25, 0.3) is 0 Å². The molecule has 1 rings (SSSR count). The first-order valence-corrected chi connectivity index (χ1v) is 6.23. The van der Waals surface area contributed by atoms with Gasteiger partial charge in [-0.15, -0.1) is 0 Å². The maximum atomic E-state index is 13.7. The summed E-state index contributed by atoms with van der Waals surface area (Å²) in [5.74, 6) is -1.06. The number of hydrogen-bond acceptors (Lipinski definition) is 2. The zero-order valence-electron chi connectivity index (χ0n) is 11.0. The summed E-state index contributed by atoms with van der Waals surface area (Å²) in [6.07, 6.45) is 2.04. The average molecular weight is 253 g/mol. The van der Waals surface area contributed by atoms with Crippen LogP contribution in [-0.2, 0) is 0 Å². The van der Waals surface area contributed by atoms with Crippen molar-refractivity contribution in [2.24, 2.45) is 5.92 Å². The number of anilines is 1. The lowest BCUT2D eigenvalue weighted by molar-refractivity contribution is 0.0696. The molecule has 0 spiro atoms. The van der Waals surface area contributed by atoms with Crippen molar-refractivity contribution in [3.63, 3.8) is 0 Å². The molecule has 0 saturated heterocycles. The third-order valence-electron chi connectivity index (χ3n) is 3.07. The number of benzene rings is 1. The van der Waals surface area contributed by atoms with Crippen molar-refractivity contribution in [1.82, 2.24) is 0 Å². The topological polar surface area (TPSA) is 49.3 Å². The van der Waals surface area contributed by atoms with Crippen LogP contribution in [0.4, 0.5) is 10.1 Å². The molecule has 2 N–H and O–H groups in total. The Kier molecular flexibility index (Phi) is 5.13. The number of rotatable bonds is 6. The number of aromatic carboxylic acids is 1. The van der Waals surface area contributed by atoms with Crippen LogP contribution in [-0.4, -0.2) is 17.1 Å². The van der Waals surface area contributed by atoms with E-state index in [-0.39, 0.29) is 11.6 Å². The van der Waals surface area contributed by atoms with Crippen molar-refractivity contribution in [2.75, 3.05) is 5.32 Å². The molecule has 0 aromatic heterocycles. The summed E-state index contributed by atoms with van der Waals surface area (Å²) in [5, 5.41) is 11.8. The van der Waals surface area contributed by atoms with E-state index in [0.29, 0.717) is 11.6 Å². The number of carbonyl (C=O) groups is 1. The number of nitrogens with one attached hydrogen (secondary N) is 1. The first kappa shape index (κ1) is 14.5. The Balaban J connectivity index is 2.70. The van der Waals surface area contributed by atoms with E-state index in [9.17, 15) is 9.18 Å². The summed E-state index contributed by atoms with van der Waals surface area (Å²) in [7, 11) is 0. The van der Waals surface area contributed by atoms with E-state index in [0.717, 1.165) is 18.9 Å². The highest BCUT2D eigenvalue weighted by Crippen LogP contribution is 2.19. The molecule has 0 amide bonds. The van der Waals surface area contributed by atoms with Gasteiger partial charge in [-0.05, 0) is 37.5 Å². The molecule has 2 atom stereocenters. The predicted molar refractivity (Wildman–Crippen MR) is 70.5 cm³/mol. The van der Waals surface area contributed by atoms with Gasteiger partial charge in [0.05, 0.1) is 11.3 Å². The molecule has 0 fully saturated rings. The standard InChI is InChI=1S/C14H20FNO2/c1-4-9(2)7-10(3)16-13-6-5-11(14(17)18)8-12(13)15/h5-6,8-10,16H,4,7H2,1-3H3,(H,17,18). The van der Waals surface area contributed by atoms with E-state index >= 15 is 0 Å². The first-order valence-electron chi connectivity index (χ1n) is 6.23. The van der Waals surface area contributed by atoms with Crippen LogP contribution in [0.1, 0.15) is 44.0 Å². The van der Waals surface area contributed by atoms with Crippen molar-refractivity contribution < 1.29 is 14.3 Å². The second kappa shape index (κ2) is 6.38. The number of carboxylic acid groups (broad SMARTS) is 1. The van der Waals surface area contributed by atoms with Crippen molar-refractivity contribution >= 4 is 11.7 Å². The third-order valence-corrected chi connectivity index (χ3v) is 3.07. The van der Waals surface area contributed by atoms with Crippen LogP contribution in [0, 0.1) is 11.7 Å². The Morgan fingerprint density at radius 1 is 1.44 bits per heavy atom. The predicted octanol–water partition coefficient (Wildman–Crippen LogP) is 3.76. The van der Waals surface area contributed by atoms with Gasteiger partial charge in [-0.3, -0.25) is 0 Å². The van der Waals surface area contributed by atoms with Crippen LogP contribution in [0.5, 0.6) is 0 Å². The normalized spacial score (nSPS) is 14.0. The summed E-state index contributed by atoms with van der Waals surface area (Å²) in [5.41, 5.74) is 0.323. The zero-order valence-corrected chi connectivity index (χ0v) is 11.0. The third kappa shape index (κ3) is 4.02. The minimum Gasteiger partial charge on any atom is -0.478 e. The lowest BCUT2D eigenvalue weighted by Gasteiger charge is -2.19. The van der Waals surface area contributed by atoms with E-state index in [2.05, 4.69) is 19.2 Å². The van der Waals surface area contributed by atoms with E-state index in [4.69, 9.17) is 5.11 Å². The van der Waals surface area contributed by atoms with Crippen LogP contribution in [0.15, 0.2) is 18.2 Å². The summed E-state index contributed by atoms with van der Waals surface area (Å²) in [4.78, 5) is 10.7. The highest BCUT2D eigenvalue weighted by Gasteiger charge is 2.11. The molecule has 3 nitrogen and oxygen atoms in total. The number of hydrogen-bond donors (Lipinski definition) is 2. The monoisotopic (exact) mass is 253 g/mol. The molecule has 100 valence electrons. The molecule has 0 aliphatic rings. The molecular formula is C14H20FNO2. The van der Waals surface area contributed by atoms with Gasteiger partial charge in [0, 0.05) is 6.04 Å². The molecule has 2 unspecified atom stereocenters. The molecule has 4 heteroatoms. The maximum Gasteiger partial charge on any atom is 0.335 e. The Morgan fingerprint density at radius 3 is 2.61 bits per heavy atom. The van der Waals surface area contributed by atoms with Gasteiger partial charge in [0.2, 0.25) is 0 Å². The van der Waals surface area contributed by atoms with Crippen LogP contribution in [0.25, 0.3) is 0 Å². The summed E-state index contributed by atoms with van der Waals surface area (Å²) in [6.45, 7) is 6.28. The molecule has 1 aromatic carbocycles. The SMILES string of the molecule is CCC(C)CC(C)Nc1ccc(C(=O)O)cc1F. The molecule has 18 heavy (non-hydrogen) atoms. The lowest BCUT2D eigenvalue weighted by Crippen LogP contribution is -2.19. The fraction of sp³-hybridized carbons (Fsp3) is 0.500. The van der Waals surface area contributed by atoms with Crippen LogP contribution in [0.3, 0.4) is 0 Å². The minimum absolute atomic E-state index is 0.0346. The van der Waals surface area contributed by atoms with Crippen molar-refractivity contribution in [3.8, 4) is 0 Å². The first-order chi connectivity index (χ1) is 8.43. The number of carboxylic acids is 1. The Labute approximate surface area is 107 Å². The lowest BCUT2D eigenvalue weighted by atomic mass is 10.00. The minimum atomic E-state index is -1.12. The van der Waals surface area contributed by atoms with Crippen LogP contribution < -0.4 is 5.32 Å². The second-order valence-corrected chi connectivity index (χ2v) is 4.79. The van der Waals surface area contributed by atoms with Gasteiger partial charge in [0.15, 0.2) is 0 Å². The molecule has 0 aliphatic carbocycles. The van der Waals surface area contributed by atoms with E-state index in [1.54, 1.807) is 0 Å². The molecular weight excluding hydrogens is 233 g/mol. The highest BCUT2D eigenvalue weighted by molar-refractivity contribution is 5.88. The molecule has 1 aromatic rings. The Hall–Kier alpha value is -1.58. The van der Waals surface area contributed by atoms with E-state index < -0.39 is 11.8 Å². The van der Waals surface area contributed by atoms with Gasteiger partial charge >= 0.3 is 5.97 Å². The second-order valence-electron chi connectivity index (χ2n) is 4.79. The van der Waals surface area contributed by atoms with Crippen molar-refractivity contribution in [1.29, 1.82) is 0 Å². The van der Waals surface area contributed by atoms with Crippen molar-refractivity contribution in [2.45, 2.75) is 39.7 Å².